The minimum atomic E-state index is -0.559. The molecule has 0 bridgehead atoms. The Balaban J connectivity index is 2.07. The van der Waals surface area contributed by atoms with Crippen LogP contribution in [0, 0.1) is 5.82 Å². The van der Waals surface area contributed by atoms with Gasteiger partial charge >= 0.3 is 0 Å². The zero-order chi connectivity index (χ0) is 14.5. The molecule has 1 aromatic rings. The summed E-state index contributed by atoms with van der Waals surface area (Å²) in [4.78, 5) is 23.1. The second-order valence-corrected chi connectivity index (χ2v) is 4.89. The fourth-order valence-electron chi connectivity index (χ4n) is 2.20. The van der Waals surface area contributed by atoms with E-state index in [1.807, 2.05) is 0 Å². The molecule has 1 heterocycles. The van der Waals surface area contributed by atoms with E-state index in [0.717, 1.165) is 25.9 Å². The summed E-state index contributed by atoms with van der Waals surface area (Å²) < 4.78 is 13.5. The molecule has 0 spiro atoms. The first-order valence-corrected chi connectivity index (χ1v) is 6.65. The van der Waals surface area contributed by atoms with Crippen molar-refractivity contribution in [3.63, 3.8) is 0 Å². The summed E-state index contributed by atoms with van der Waals surface area (Å²) in [5.41, 5.74) is 0.354. The van der Waals surface area contributed by atoms with Crippen molar-refractivity contribution in [2.24, 2.45) is 0 Å². The fourth-order valence-corrected chi connectivity index (χ4v) is 2.20. The molecule has 3 N–H and O–H groups in total. The van der Waals surface area contributed by atoms with Gasteiger partial charge in [0.15, 0.2) is 0 Å². The molecule has 1 saturated heterocycles. The van der Waals surface area contributed by atoms with E-state index in [-0.39, 0.29) is 23.5 Å². The third kappa shape index (κ3) is 3.77. The summed E-state index contributed by atoms with van der Waals surface area (Å²) in [6.07, 6.45) is 1.95. The van der Waals surface area contributed by atoms with Crippen molar-refractivity contribution >= 4 is 17.5 Å². The third-order valence-corrected chi connectivity index (χ3v) is 3.17. The summed E-state index contributed by atoms with van der Waals surface area (Å²) in [5.74, 6) is -1.20. The predicted molar refractivity (Wildman–Crippen MR) is 74.1 cm³/mol. The van der Waals surface area contributed by atoms with Crippen molar-refractivity contribution in [1.82, 2.24) is 10.6 Å². The Kier molecular flexibility index (Phi) is 4.68. The average Bonchev–Trinajstić information content (AvgIpc) is 2.42. The largest absolute Gasteiger partial charge is 0.348 e. The van der Waals surface area contributed by atoms with Crippen molar-refractivity contribution in [3.05, 3.63) is 29.6 Å². The summed E-state index contributed by atoms with van der Waals surface area (Å²) in [6, 6.07) is 4.03. The number of carbonyl (C=O) groups excluding carboxylic acids is 2. The number of rotatable bonds is 3. The Bertz CT molecular complexity index is 513. The van der Waals surface area contributed by atoms with E-state index in [4.69, 9.17) is 0 Å². The minimum absolute atomic E-state index is 0.0203. The maximum Gasteiger partial charge on any atom is 0.251 e. The molecule has 0 unspecified atom stereocenters. The predicted octanol–water partition coefficient (Wildman–Crippen LogP) is 1.27. The van der Waals surface area contributed by atoms with Crippen LogP contribution in [0.25, 0.3) is 0 Å². The van der Waals surface area contributed by atoms with Gasteiger partial charge in [-0.05, 0) is 37.6 Å². The van der Waals surface area contributed by atoms with Crippen LogP contribution in [0.3, 0.4) is 0 Å². The summed E-state index contributed by atoms with van der Waals surface area (Å²) in [7, 11) is 0. The molecule has 1 aromatic carbocycles. The average molecular weight is 279 g/mol. The van der Waals surface area contributed by atoms with Gasteiger partial charge in [0.1, 0.15) is 5.82 Å². The highest BCUT2D eigenvalue weighted by Gasteiger charge is 2.17. The third-order valence-electron chi connectivity index (χ3n) is 3.17. The van der Waals surface area contributed by atoms with Crippen LogP contribution in [0.2, 0.25) is 0 Å². The molecule has 1 atom stereocenters. The maximum atomic E-state index is 13.5. The van der Waals surface area contributed by atoms with Crippen molar-refractivity contribution in [2.75, 3.05) is 18.4 Å². The molecule has 2 amide bonds. The first-order valence-electron chi connectivity index (χ1n) is 6.65. The van der Waals surface area contributed by atoms with Gasteiger partial charge in [0, 0.05) is 25.1 Å². The van der Waals surface area contributed by atoms with E-state index in [2.05, 4.69) is 16.0 Å². The smallest absolute Gasteiger partial charge is 0.251 e. The Morgan fingerprint density at radius 3 is 2.85 bits per heavy atom. The Morgan fingerprint density at radius 1 is 1.40 bits per heavy atom. The van der Waals surface area contributed by atoms with Gasteiger partial charge in [-0.1, -0.05) is 0 Å². The first-order chi connectivity index (χ1) is 9.56. The lowest BCUT2D eigenvalue weighted by Gasteiger charge is -2.23. The summed E-state index contributed by atoms with van der Waals surface area (Å²) in [6.45, 7) is 3.00. The van der Waals surface area contributed by atoms with Gasteiger partial charge in [-0.15, -0.1) is 0 Å². The molecule has 108 valence electrons. The molecular formula is C14H18FN3O2. The molecular weight excluding hydrogens is 261 g/mol. The highest BCUT2D eigenvalue weighted by atomic mass is 19.1. The first kappa shape index (κ1) is 14.5. The Labute approximate surface area is 116 Å². The molecule has 2 rings (SSSR count). The van der Waals surface area contributed by atoms with Crippen LogP contribution in [0.15, 0.2) is 18.2 Å². The molecule has 0 radical (unpaired) electrons. The van der Waals surface area contributed by atoms with Crippen LogP contribution in [-0.4, -0.2) is 30.9 Å². The van der Waals surface area contributed by atoms with Crippen molar-refractivity contribution in [2.45, 2.75) is 25.8 Å². The molecule has 1 fully saturated rings. The maximum absolute atomic E-state index is 13.5. The number of piperidine rings is 1. The van der Waals surface area contributed by atoms with Crippen LogP contribution in [0.4, 0.5) is 10.1 Å². The Hall–Kier alpha value is -1.95. The number of nitrogens with one attached hydrogen (secondary N) is 3. The van der Waals surface area contributed by atoms with Crippen LogP contribution in [0.5, 0.6) is 0 Å². The minimum Gasteiger partial charge on any atom is -0.348 e. The number of anilines is 1. The molecule has 1 aliphatic rings. The SMILES string of the molecule is CC(=O)Nc1cc(C(=O)N[C@H]2CCCNC2)ccc1F. The fraction of sp³-hybridized carbons (Fsp3) is 0.429. The van der Waals surface area contributed by atoms with E-state index in [0.29, 0.717) is 5.56 Å². The second-order valence-electron chi connectivity index (χ2n) is 4.89. The molecule has 0 aliphatic carbocycles. The van der Waals surface area contributed by atoms with E-state index in [1.54, 1.807) is 0 Å². The quantitative estimate of drug-likeness (QED) is 0.780. The van der Waals surface area contributed by atoms with Crippen LogP contribution >= 0.6 is 0 Å². The van der Waals surface area contributed by atoms with Crippen LogP contribution < -0.4 is 16.0 Å². The molecule has 1 aliphatic heterocycles. The van der Waals surface area contributed by atoms with Crippen LogP contribution in [-0.2, 0) is 4.79 Å². The van der Waals surface area contributed by atoms with Gasteiger partial charge in [-0.3, -0.25) is 9.59 Å². The monoisotopic (exact) mass is 279 g/mol. The lowest BCUT2D eigenvalue weighted by atomic mass is 10.1. The normalized spacial score (nSPS) is 18.4. The van der Waals surface area contributed by atoms with Gasteiger partial charge in [0.2, 0.25) is 5.91 Å². The van der Waals surface area contributed by atoms with Gasteiger partial charge in [-0.2, -0.15) is 0 Å². The Morgan fingerprint density at radius 2 is 2.20 bits per heavy atom. The zero-order valence-electron chi connectivity index (χ0n) is 11.3. The summed E-state index contributed by atoms with van der Waals surface area (Å²) >= 11 is 0. The van der Waals surface area contributed by atoms with Crippen molar-refractivity contribution in [1.29, 1.82) is 0 Å². The number of amides is 2. The highest BCUT2D eigenvalue weighted by Crippen LogP contribution is 2.16. The highest BCUT2D eigenvalue weighted by molar-refractivity contribution is 5.97. The van der Waals surface area contributed by atoms with Crippen molar-refractivity contribution in [3.8, 4) is 0 Å². The number of benzene rings is 1. The molecule has 0 aromatic heterocycles. The zero-order valence-corrected chi connectivity index (χ0v) is 11.3. The second kappa shape index (κ2) is 6.47. The standard InChI is InChI=1S/C14H18FN3O2/c1-9(19)17-13-7-10(4-5-12(13)15)14(20)18-11-3-2-6-16-8-11/h4-5,7,11,16H,2-3,6,8H2,1H3,(H,17,19)(H,18,20)/t11-/m0/s1. The number of hydrogen-bond acceptors (Lipinski definition) is 3. The van der Waals surface area contributed by atoms with E-state index in [9.17, 15) is 14.0 Å². The van der Waals surface area contributed by atoms with Crippen molar-refractivity contribution < 1.29 is 14.0 Å². The summed E-state index contributed by atoms with van der Waals surface area (Å²) in [5, 5.41) is 8.47. The van der Waals surface area contributed by atoms with Crippen LogP contribution in [0.1, 0.15) is 30.1 Å². The number of halogens is 1. The molecule has 0 saturated carbocycles. The lowest BCUT2D eigenvalue weighted by molar-refractivity contribution is -0.114. The topological polar surface area (TPSA) is 70.2 Å². The molecule has 5 nitrogen and oxygen atoms in total. The number of hydrogen-bond donors (Lipinski definition) is 3. The van der Waals surface area contributed by atoms with E-state index in [1.165, 1.54) is 25.1 Å². The van der Waals surface area contributed by atoms with Gasteiger partial charge < -0.3 is 16.0 Å². The number of carbonyl (C=O) groups is 2. The van der Waals surface area contributed by atoms with Gasteiger partial charge in [0.25, 0.3) is 5.91 Å². The van der Waals surface area contributed by atoms with E-state index < -0.39 is 5.82 Å². The van der Waals surface area contributed by atoms with E-state index >= 15 is 0 Å². The van der Waals surface area contributed by atoms with Gasteiger partial charge in [-0.25, -0.2) is 4.39 Å². The molecule has 20 heavy (non-hydrogen) atoms. The lowest BCUT2D eigenvalue weighted by Crippen LogP contribution is -2.45. The van der Waals surface area contributed by atoms with Gasteiger partial charge in [0.05, 0.1) is 5.69 Å². The molecule has 6 heteroatoms.